The van der Waals surface area contributed by atoms with Gasteiger partial charge in [-0.15, -0.1) is 0 Å². The molecule has 0 unspecified atom stereocenters. The zero-order valence-electron chi connectivity index (χ0n) is 7.19. The van der Waals surface area contributed by atoms with Gasteiger partial charge in [-0.05, 0) is 18.2 Å². The molecule has 1 aliphatic heterocycles. The standard InChI is InChI=1S/C9H9NO3/c1-10(11)5-7-2-3-8-9(4-7)13-6-12-8/h2-5H,6H2,1H3/b10-5+. The monoisotopic (exact) mass is 179 g/mol. The molecule has 0 saturated heterocycles. The van der Waals surface area contributed by atoms with E-state index in [1.807, 2.05) is 6.07 Å². The van der Waals surface area contributed by atoms with E-state index in [0.717, 1.165) is 16.1 Å². The second-order valence-corrected chi connectivity index (χ2v) is 2.79. The number of benzene rings is 1. The Morgan fingerprint density at radius 3 is 2.92 bits per heavy atom. The molecule has 68 valence electrons. The minimum atomic E-state index is 0.256. The Balaban J connectivity index is 2.36. The Labute approximate surface area is 75.6 Å². The molecule has 0 bridgehead atoms. The average Bonchev–Trinajstić information content (AvgIpc) is 2.49. The first-order valence-corrected chi connectivity index (χ1v) is 3.90. The molecular weight excluding hydrogens is 170 g/mol. The predicted molar refractivity (Wildman–Crippen MR) is 47.3 cm³/mol. The van der Waals surface area contributed by atoms with Gasteiger partial charge in [0, 0.05) is 5.56 Å². The summed E-state index contributed by atoms with van der Waals surface area (Å²) in [5, 5.41) is 10.7. The Kier molecular flexibility index (Phi) is 1.81. The van der Waals surface area contributed by atoms with Crippen LogP contribution in [-0.2, 0) is 0 Å². The molecule has 13 heavy (non-hydrogen) atoms. The predicted octanol–water partition coefficient (Wildman–Crippen LogP) is 0.974. The van der Waals surface area contributed by atoms with Crippen molar-refractivity contribution in [3.05, 3.63) is 29.0 Å². The van der Waals surface area contributed by atoms with Crippen molar-refractivity contribution in [1.82, 2.24) is 0 Å². The van der Waals surface area contributed by atoms with Gasteiger partial charge in [-0.25, -0.2) is 4.74 Å². The molecule has 0 amide bonds. The fourth-order valence-corrected chi connectivity index (χ4v) is 1.20. The minimum absolute atomic E-state index is 0.256. The third kappa shape index (κ3) is 1.56. The van der Waals surface area contributed by atoms with E-state index in [9.17, 15) is 5.21 Å². The van der Waals surface area contributed by atoms with Gasteiger partial charge in [-0.2, -0.15) is 0 Å². The molecule has 0 saturated carbocycles. The van der Waals surface area contributed by atoms with Crippen molar-refractivity contribution in [2.24, 2.45) is 0 Å². The summed E-state index contributed by atoms with van der Waals surface area (Å²) in [6.07, 6.45) is 1.47. The first-order chi connectivity index (χ1) is 6.25. The summed E-state index contributed by atoms with van der Waals surface area (Å²) in [5.41, 5.74) is 0.807. The van der Waals surface area contributed by atoms with Gasteiger partial charge < -0.3 is 14.7 Å². The highest BCUT2D eigenvalue weighted by atomic mass is 16.7. The van der Waals surface area contributed by atoms with Gasteiger partial charge in [0.1, 0.15) is 7.05 Å². The van der Waals surface area contributed by atoms with Crippen molar-refractivity contribution in [3.8, 4) is 11.5 Å². The Morgan fingerprint density at radius 1 is 1.38 bits per heavy atom. The van der Waals surface area contributed by atoms with Crippen LogP contribution in [0.3, 0.4) is 0 Å². The molecule has 0 fully saturated rings. The van der Waals surface area contributed by atoms with Crippen LogP contribution < -0.4 is 9.47 Å². The van der Waals surface area contributed by atoms with Crippen LogP contribution in [0.5, 0.6) is 11.5 Å². The van der Waals surface area contributed by atoms with Crippen LogP contribution in [0.25, 0.3) is 0 Å². The molecule has 1 heterocycles. The van der Waals surface area contributed by atoms with Gasteiger partial charge in [0.2, 0.25) is 6.79 Å². The Bertz CT molecular complexity index is 356. The lowest BCUT2D eigenvalue weighted by molar-refractivity contribution is -0.416. The summed E-state index contributed by atoms with van der Waals surface area (Å²) in [4.78, 5) is 0. The van der Waals surface area contributed by atoms with Crippen LogP contribution >= 0.6 is 0 Å². The molecule has 1 aliphatic rings. The van der Waals surface area contributed by atoms with E-state index in [-0.39, 0.29) is 6.79 Å². The smallest absolute Gasteiger partial charge is 0.231 e. The fourth-order valence-electron chi connectivity index (χ4n) is 1.20. The molecule has 4 nitrogen and oxygen atoms in total. The minimum Gasteiger partial charge on any atom is -0.624 e. The lowest BCUT2D eigenvalue weighted by Crippen LogP contribution is -1.97. The van der Waals surface area contributed by atoms with E-state index >= 15 is 0 Å². The first kappa shape index (κ1) is 7.91. The molecular formula is C9H9NO3. The molecule has 0 N–H and O–H groups in total. The molecule has 4 heteroatoms. The van der Waals surface area contributed by atoms with E-state index in [2.05, 4.69) is 0 Å². The fraction of sp³-hybridized carbons (Fsp3) is 0.222. The normalized spacial score (nSPS) is 14.7. The largest absolute Gasteiger partial charge is 0.624 e. The quantitative estimate of drug-likeness (QED) is 0.279. The van der Waals surface area contributed by atoms with Crippen molar-refractivity contribution in [1.29, 1.82) is 0 Å². The number of hydroxylamine groups is 1. The van der Waals surface area contributed by atoms with Crippen LogP contribution in [0, 0.1) is 5.21 Å². The van der Waals surface area contributed by atoms with Gasteiger partial charge in [-0.1, -0.05) is 0 Å². The van der Waals surface area contributed by atoms with Crippen LogP contribution in [0.2, 0.25) is 0 Å². The van der Waals surface area contributed by atoms with Gasteiger partial charge in [0.25, 0.3) is 0 Å². The third-order valence-corrected chi connectivity index (χ3v) is 1.73. The first-order valence-electron chi connectivity index (χ1n) is 3.90. The van der Waals surface area contributed by atoms with E-state index in [0.29, 0.717) is 5.75 Å². The number of hydrogen-bond donors (Lipinski definition) is 0. The summed E-state index contributed by atoms with van der Waals surface area (Å²) in [5.74, 6) is 1.42. The summed E-state index contributed by atoms with van der Waals surface area (Å²) in [7, 11) is 1.44. The summed E-state index contributed by atoms with van der Waals surface area (Å²) in [6, 6.07) is 5.37. The number of hydrogen-bond acceptors (Lipinski definition) is 3. The van der Waals surface area contributed by atoms with E-state index < -0.39 is 0 Å². The number of ether oxygens (including phenoxy) is 2. The maximum absolute atomic E-state index is 10.7. The Hall–Kier alpha value is -1.71. The maximum Gasteiger partial charge on any atom is 0.231 e. The van der Waals surface area contributed by atoms with Gasteiger partial charge in [0.05, 0.1) is 0 Å². The highest BCUT2D eigenvalue weighted by molar-refractivity contribution is 5.77. The third-order valence-electron chi connectivity index (χ3n) is 1.73. The van der Waals surface area contributed by atoms with Gasteiger partial charge in [-0.3, -0.25) is 0 Å². The number of nitrogens with zero attached hydrogens (tertiary/aromatic N) is 1. The molecule has 0 spiro atoms. The zero-order chi connectivity index (χ0) is 9.26. The SMILES string of the molecule is C/[N+]([O-])=C\c1ccc2c(c1)OCO2. The van der Waals surface area contributed by atoms with Crippen molar-refractivity contribution in [2.75, 3.05) is 13.8 Å². The van der Waals surface area contributed by atoms with Crippen molar-refractivity contribution < 1.29 is 14.2 Å². The summed E-state index contributed by atoms with van der Waals surface area (Å²) >= 11 is 0. The van der Waals surface area contributed by atoms with Crippen LogP contribution in [0.4, 0.5) is 0 Å². The van der Waals surface area contributed by atoms with Crippen LogP contribution in [-0.4, -0.2) is 24.8 Å². The van der Waals surface area contributed by atoms with Crippen molar-refractivity contribution in [3.63, 3.8) is 0 Å². The van der Waals surface area contributed by atoms with Crippen molar-refractivity contribution >= 4 is 6.21 Å². The highest BCUT2D eigenvalue weighted by Crippen LogP contribution is 2.31. The molecule has 0 aliphatic carbocycles. The topological polar surface area (TPSA) is 44.5 Å². The van der Waals surface area contributed by atoms with E-state index in [1.54, 1.807) is 12.1 Å². The number of fused-ring (bicyclic) bond motifs is 1. The maximum atomic E-state index is 10.7. The number of rotatable bonds is 1. The molecule has 0 aromatic heterocycles. The zero-order valence-corrected chi connectivity index (χ0v) is 7.19. The lowest BCUT2D eigenvalue weighted by Gasteiger charge is -1.97. The highest BCUT2D eigenvalue weighted by Gasteiger charge is 2.12. The van der Waals surface area contributed by atoms with E-state index in [4.69, 9.17) is 9.47 Å². The second kappa shape index (κ2) is 2.97. The van der Waals surface area contributed by atoms with Crippen molar-refractivity contribution in [2.45, 2.75) is 0 Å². The lowest BCUT2D eigenvalue weighted by atomic mass is 10.2. The second-order valence-electron chi connectivity index (χ2n) is 2.79. The molecule has 1 aromatic rings. The summed E-state index contributed by atoms with van der Waals surface area (Å²) in [6.45, 7) is 0.256. The van der Waals surface area contributed by atoms with E-state index in [1.165, 1.54) is 13.3 Å². The molecule has 0 atom stereocenters. The Morgan fingerprint density at radius 2 is 2.15 bits per heavy atom. The molecule has 0 radical (unpaired) electrons. The van der Waals surface area contributed by atoms with Crippen LogP contribution in [0.1, 0.15) is 5.56 Å². The van der Waals surface area contributed by atoms with Crippen LogP contribution in [0.15, 0.2) is 18.2 Å². The van der Waals surface area contributed by atoms with Gasteiger partial charge in [0.15, 0.2) is 17.7 Å². The van der Waals surface area contributed by atoms with Gasteiger partial charge >= 0.3 is 0 Å². The summed E-state index contributed by atoms with van der Waals surface area (Å²) < 4.78 is 11.0. The molecule has 2 rings (SSSR count). The molecule has 1 aromatic carbocycles. The average molecular weight is 179 g/mol.